The Morgan fingerprint density at radius 1 is 1.18 bits per heavy atom. The molecule has 0 aliphatic carbocycles. The Balaban J connectivity index is 2.83. The molecule has 0 radical (unpaired) electrons. The first-order valence-corrected chi connectivity index (χ1v) is 6.31. The summed E-state index contributed by atoms with van der Waals surface area (Å²) < 4.78 is 0. The zero-order valence-corrected chi connectivity index (χ0v) is 11.1. The van der Waals surface area contributed by atoms with Crippen LogP contribution in [0, 0.1) is 6.92 Å². The second-order valence-corrected chi connectivity index (χ2v) is 4.39. The molecular formula is C15H20N2. The van der Waals surface area contributed by atoms with Gasteiger partial charge in [0.15, 0.2) is 0 Å². The molecule has 17 heavy (non-hydrogen) atoms. The summed E-state index contributed by atoms with van der Waals surface area (Å²) >= 11 is 0. The van der Waals surface area contributed by atoms with E-state index in [0.717, 1.165) is 18.4 Å². The molecule has 90 valence electrons. The van der Waals surface area contributed by atoms with Crippen LogP contribution in [0.15, 0.2) is 18.2 Å². The van der Waals surface area contributed by atoms with Gasteiger partial charge in [0.05, 0.1) is 5.52 Å². The van der Waals surface area contributed by atoms with Crippen LogP contribution in [0.3, 0.4) is 0 Å². The van der Waals surface area contributed by atoms with E-state index in [-0.39, 0.29) is 0 Å². The van der Waals surface area contributed by atoms with Crippen LogP contribution in [0.1, 0.15) is 30.7 Å². The van der Waals surface area contributed by atoms with Gasteiger partial charge in [0.1, 0.15) is 0 Å². The lowest BCUT2D eigenvalue weighted by atomic mass is 10.0. The zero-order chi connectivity index (χ0) is 12.4. The predicted molar refractivity (Wildman–Crippen MR) is 74.8 cm³/mol. The van der Waals surface area contributed by atoms with E-state index in [1.165, 1.54) is 27.9 Å². The third-order valence-electron chi connectivity index (χ3n) is 3.27. The normalized spacial score (nSPS) is 10.8. The highest BCUT2D eigenvalue weighted by Gasteiger charge is 2.11. The van der Waals surface area contributed by atoms with Crippen molar-refractivity contribution in [3.63, 3.8) is 0 Å². The summed E-state index contributed by atoms with van der Waals surface area (Å²) in [6.45, 7) is 6.47. The molecule has 0 bridgehead atoms. The SMILES string of the molecule is CCc1nc2cc(C)ccc2c(NC)c1CC. The lowest BCUT2D eigenvalue weighted by molar-refractivity contribution is 0.982. The summed E-state index contributed by atoms with van der Waals surface area (Å²) in [7, 11) is 1.99. The van der Waals surface area contributed by atoms with Gasteiger partial charge in [-0.05, 0) is 37.0 Å². The zero-order valence-electron chi connectivity index (χ0n) is 11.1. The molecule has 0 spiro atoms. The molecule has 2 rings (SSSR count). The van der Waals surface area contributed by atoms with E-state index >= 15 is 0 Å². The molecule has 1 aromatic carbocycles. The van der Waals surface area contributed by atoms with Gasteiger partial charge < -0.3 is 5.32 Å². The molecule has 1 heterocycles. The topological polar surface area (TPSA) is 24.9 Å². The first kappa shape index (κ1) is 11.9. The molecule has 1 aromatic heterocycles. The van der Waals surface area contributed by atoms with Crippen LogP contribution in [0.2, 0.25) is 0 Å². The van der Waals surface area contributed by atoms with E-state index < -0.39 is 0 Å². The third-order valence-corrected chi connectivity index (χ3v) is 3.27. The number of nitrogens with one attached hydrogen (secondary N) is 1. The Morgan fingerprint density at radius 2 is 1.94 bits per heavy atom. The highest BCUT2D eigenvalue weighted by Crippen LogP contribution is 2.29. The summed E-state index contributed by atoms with van der Waals surface area (Å²) in [5, 5.41) is 4.57. The van der Waals surface area contributed by atoms with Gasteiger partial charge in [-0.15, -0.1) is 0 Å². The maximum atomic E-state index is 4.79. The van der Waals surface area contributed by atoms with Crippen molar-refractivity contribution in [2.24, 2.45) is 0 Å². The number of hydrogen-bond donors (Lipinski definition) is 1. The van der Waals surface area contributed by atoms with Gasteiger partial charge in [-0.3, -0.25) is 4.98 Å². The van der Waals surface area contributed by atoms with Crippen molar-refractivity contribution in [3.05, 3.63) is 35.0 Å². The van der Waals surface area contributed by atoms with Crippen LogP contribution in [-0.2, 0) is 12.8 Å². The van der Waals surface area contributed by atoms with Crippen molar-refractivity contribution >= 4 is 16.6 Å². The van der Waals surface area contributed by atoms with Crippen molar-refractivity contribution in [2.75, 3.05) is 12.4 Å². The summed E-state index contributed by atoms with van der Waals surface area (Å²) in [6.07, 6.45) is 2.01. The summed E-state index contributed by atoms with van der Waals surface area (Å²) in [5.74, 6) is 0. The molecule has 1 N–H and O–H groups in total. The molecule has 2 nitrogen and oxygen atoms in total. The molecule has 2 aromatic rings. The molecule has 0 aliphatic heterocycles. The number of hydrogen-bond acceptors (Lipinski definition) is 2. The second kappa shape index (κ2) is 4.74. The Bertz CT molecular complexity index is 544. The number of nitrogens with zero attached hydrogens (tertiary/aromatic N) is 1. The van der Waals surface area contributed by atoms with E-state index in [2.05, 4.69) is 44.3 Å². The van der Waals surface area contributed by atoms with E-state index in [4.69, 9.17) is 4.98 Å². The lowest BCUT2D eigenvalue weighted by Crippen LogP contribution is -2.03. The fourth-order valence-corrected chi connectivity index (χ4v) is 2.42. The largest absolute Gasteiger partial charge is 0.387 e. The van der Waals surface area contributed by atoms with Crippen molar-refractivity contribution in [1.29, 1.82) is 0 Å². The van der Waals surface area contributed by atoms with E-state index in [9.17, 15) is 0 Å². The highest BCUT2D eigenvalue weighted by molar-refractivity contribution is 5.93. The maximum Gasteiger partial charge on any atom is 0.0728 e. The van der Waals surface area contributed by atoms with Crippen LogP contribution in [0.5, 0.6) is 0 Å². The molecular weight excluding hydrogens is 208 g/mol. The van der Waals surface area contributed by atoms with Crippen LogP contribution in [0.25, 0.3) is 10.9 Å². The summed E-state index contributed by atoms with van der Waals surface area (Å²) in [4.78, 5) is 4.79. The first-order chi connectivity index (χ1) is 8.21. The Labute approximate surface area is 103 Å². The lowest BCUT2D eigenvalue weighted by Gasteiger charge is -2.15. The van der Waals surface area contributed by atoms with E-state index in [1.54, 1.807) is 0 Å². The Hall–Kier alpha value is -1.57. The van der Waals surface area contributed by atoms with Crippen LogP contribution >= 0.6 is 0 Å². The number of anilines is 1. The number of pyridine rings is 1. The van der Waals surface area contributed by atoms with Gasteiger partial charge in [-0.25, -0.2) is 0 Å². The van der Waals surface area contributed by atoms with Crippen molar-refractivity contribution in [3.8, 4) is 0 Å². The van der Waals surface area contributed by atoms with Crippen LogP contribution in [0.4, 0.5) is 5.69 Å². The summed E-state index contributed by atoms with van der Waals surface area (Å²) in [5.41, 5.74) is 6.18. The minimum Gasteiger partial charge on any atom is -0.387 e. The highest BCUT2D eigenvalue weighted by atomic mass is 14.8. The van der Waals surface area contributed by atoms with Crippen LogP contribution < -0.4 is 5.32 Å². The molecule has 0 unspecified atom stereocenters. The van der Waals surface area contributed by atoms with E-state index in [1.807, 2.05) is 7.05 Å². The molecule has 0 atom stereocenters. The minimum absolute atomic E-state index is 0.988. The second-order valence-electron chi connectivity index (χ2n) is 4.39. The van der Waals surface area contributed by atoms with E-state index in [0.29, 0.717) is 0 Å². The number of rotatable bonds is 3. The number of aryl methyl sites for hydroxylation is 2. The standard InChI is InChI=1S/C15H20N2/c1-5-11-13(6-2)17-14-9-10(3)7-8-12(14)15(11)16-4/h7-9H,5-6H2,1-4H3,(H,16,17). The fraction of sp³-hybridized carbons (Fsp3) is 0.400. The molecule has 0 amide bonds. The number of benzene rings is 1. The van der Waals surface area contributed by atoms with Crippen LogP contribution in [-0.4, -0.2) is 12.0 Å². The summed E-state index contributed by atoms with van der Waals surface area (Å²) in [6, 6.07) is 6.48. The monoisotopic (exact) mass is 228 g/mol. The average Bonchev–Trinajstić information content (AvgIpc) is 2.35. The third kappa shape index (κ3) is 1.99. The smallest absolute Gasteiger partial charge is 0.0728 e. The van der Waals surface area contributed by atoms with Gasteiger partial charge in [-0.1, -0.05) is 26.0 Å². The average molecular weight is 228 g/mol. The van der Waals surface area contributed by atoms with Gasteiger partial charge in [0, 0.05) is 23.8 Å². The predicted octanol–water partition coefficient (Wildman–Crippen LogP) is 3.71. The van der Waals surface area contributed by atoms with Gasteiger partial charge in [0.25, 0.3) is 0 Å². The van der Waals surface area contributed by atoms with Gasteiger partial charge in [0.2, 0.25) is 0 Å². The van der Waals surface area contributed by atoms with Crippen molar-refractivity contribution in [2.45, 2.75) is 33.6 Å². The molecule has 0 saturated carbocycles. The van der Waals surface area contributed by atoms with Gasteiger partial charge in [-0.2, -0.15) is 0 Å². The molecule has 0 saturated heterocycles. The van der Waals surface area contributed by atoms with Crippen molar-refractivity contribution < 1.29 is 0 Å². The minimum atomic E-state index is 0.988. The Morgan fingerprint density at radius 3 is 2.53 bits per heavy atom. The fourth-order valence-electron chi connectivity index (χ4n) is 2.42. The molecule has 0 fully saturated rings. The molecule has 0 aliphatic rings. The Kier molecular flexibility index (Phi) is 3.32. The first-order valence-electron chi connectivity index (χ1n) is 6.31. The maximum absolute atomic E-state index is 4.79. The molecule has 2 heteroatoms. The quantitative estimate of drug-likeness (QED) is 0.866. The van der Waals surface area contributed by atoms with Gasteiger partial charge >= 0.3 is 0 Å². The van der Waals surface area contributed by atoms with Crippen molar-refractivity contribution in [1.82, 2.24) is 4.98 Å². The number of aromatic nitrogens is 1. The number of fused-ring (bicyclic) bond motifs is 1.